The van der Waals surface area contributed by atoms with Gasteiger partial charge in [0.2, 0.25) is 0 Å². The summed E-state index contributed by atoms with van der Waals surface area (Å²) in [5.74, 6) is 1.23. The Bertz CT molecular complexity index is 765. The molecule has 6 heteroatoms. The molecule has 24 heavy (non-hydrogen) atoms. The lowest BCUT2D eigenvalue weighted by Crippen LogP contribution is -2.26. The van der Waals surface area contributed by atoms with Gasteiger partial charge in [-0.05, 0) is 67.7 Å². The molecule has 3 rings (SSSR count). The van der Waals surface area contributed by atoms with E-state index in [9.17, 15) is 8.42 Å². The number of sulfone groups is 1. The molecule has 0 radical (unpaired) electrons. The number of benzene rings is 1. The van der Waals surface area contributed by atoms with E-state index in [0.29, 0.717) is 23.2 Å². The van der Waals surface area contributed by atoms with Crippen molar-refractivity contribution in [1.29, 1.82) is 0 Å². The molecule has 0 unspecified atom stereocenters. The van der Waals surface area contributed by atoms with Gasteiger partial charge in [-0.3, -0.25) is 4.98 Å². The van der Waals surface area contributed by atoms with Gasteiger partial charge in [0.05, 0.1) is 10.6 Å². The van der Waals surface area contributed by atoms with E-state index < -0.39 is 9.84 Å². The van der Waals surface area contributed by atoms with E-state index in [2.05, 4.69) is 16.4 Å². The fraction of sp³-hybridized carbons (Fsp3) is 0.389. The SMILES string of the molecule is CS(=O)(=O)c1ccc(OCc2ccc(C3CCNCC3)cn2)cc1. The Morgan fingerprint density at radius 3 is 2.42 bits per heavy atom. The van der Waals surface area contributed by atoms with Crippen molar-refractivity contribution in [1.82, 2.24) is 10.3 Å². The van der Waals surface area contributed by atoms with Gasteiger partial charge in [-0.25, -0.2) is 8.42 Å². The van der Waals surface area contributed by atoms with Gasteiger partial charge in [0.1, 0.15) is 12.4 Å². The fourth-order valence-electron chi connectivity index (χ4n) is 2.86. The molecule has 1 N–H and O–H groups in total. The van der Waals surface area contributed by atoms with Crippen LogP contribution in [-0.4, -0.2) is 32.7 Å². The van der Waals surface area contributed by atoms with Gasteiger partial charge in [-0.1, -0.05) is 6.07 Å². The van der Waals surface area contributed by atoms with Gasteiger partial charge in [0.25, 0.3) is 0 Å². The van der Waals surface area contributed by atoms with Crippen molar-refractivity contribution < 1.29 is 13.2 Å². The Balaban J connectivity index is 1.58. The topological polar surface area (TPSA) is 68.3 Å². The Hall–Kier alpha value is -1.92. The minimum absolute atomic E-state index is 0.291. The smallest absolute Gasteiger partial charge is 0.175 e. The molecule has 2 aromatic rings. The lowest BCUT2D eigenvalue weighted by molar-refractivity contribution is 0.301. The average molecular weight is 346 g/mol. The van der Waals surface area contributed by atoms with E-state index in [-0.39, 0.29) is 0 Å². The highest BCUT2D eigenvalue weighted by molar-refractivity contribution is 7.90. The van der Waals surface area contributed by atoms with Crippen LogP contribution < -0.4 is 10.1 Å². The molecule has 0 amide bonds. The summed E-state index contributed by atoms with van der Waals surface area (Å²) in [4.78, 5) is 4.78. The number of rotatable bonds is 5. The molecule has 1 fully saturated rings. The summed E-state index contributed by atoms with van der Waals surface area (Å²) in [5, 5.41) is 3.37. The Morgan fingerprint density at radius 2 is 1.83 bits per heavy atom. The van der Waals surface area contributed by atoms with Crippen molar-refractivity contribution in [3.05, 3.63) is 53.9 Å². The highest BCUT2D eigenvalue weighted by Crippen LogP contribution is 2.24. The Labute approximate surface area is 143 Å². The third-order valence-electron chi connectivity index (χ3n) is 4.30. The molecule has 0 saturated carbocycles. The quantitative estimate of drug-likeness (QED) is 0.901. The van der Waals surface area contributed by atoms with Crippen molar-refractivity contribution in [3.63, 3.8) is 0 Å². The third kappa shape index (κ3) is 4.33. The van der Waals surface area contributed by atoms with Gasteiger partial charge < -0.3 is 10.1 Å². The van der Waals surface area contributed by atoms with E-state index in [1.165, 1.54) is 11.8 Å². The number of aromatic nitrogens is 1. The zero-order valence-corrected chi connectivity index (χ0v) is 14.6. The lowest BCUT2D eigenvalue weighted by atomic mass is 9.91. The molecule has 1 saturated heterocycles. The number of nitrogens with zero attached hydrogens (tertiary/aromatic N) is 1. The predicted octanol–water partition coefficient (Wildman–Crippen LogP) is 2.53. The van der Waals surface area contributed by atoms with E-state index in [1.54, 1.807) is 24.3 Å². The second-order valence-electron chi connectivity index (χ2n) is 6.14. The largest absolute Gasteiger partial charge is 0.487 e. The predicted molar refractivity (Wildman–Crippen MR) is 93.0 cm³/mol. The highest BCUT2D eigenvalue weighted by Gasteiger charge is 2.15. The average Bonchev–Trinajstić information content (AvgIpc) is 2.61. The number of hydrogen-bond donors (Lipinski definition) is 1. The maximum atomic E-state index is 11.4. The van der Waals surface area contributed by atoms with Crippen molar-refractivity contribution in [2.45, 2.75) is 30.3 Å². The van der Waals surface area contributed by atoms with Crippen LogP contribution in [-0.2, 0) is 16.4 Å². The molecule has 5 nitrogen and oxygen atoms in total. The van der Waals surface area contributed by atoms with Crippen LogP contribution in [0.15, 0.2) is 47.5 Å². The fourth-order valence-corrected chi connectivity index (χ4v) is 3.49. The first-order chi connectivity index (χ1) is 11.5. The Kier molecular flexibility index (Phi) is 5.16. The normalized spacial score (nSPS) is 16.0. The van der Waals surface area contributed by atoms with Crippen molar-refractivity contribution in [2.24, 2.45) is 0 Å². The molecule has 1 aliphatic rings. The number of piperidine rings is 1. The number of ether oxygens (including phenoxy) is 1. The maximum absolute atomic E-state index is 11.4. The molecule has 0 bridgehead atoms. The van der Waals surface area contributed by atoms with Crippen LogP contribution >= 0.6 is 0 Å². The molecule has 2 heterocycles. The second-order valence-corrected chi connectivity index (χ2v) is 8.16. The first kappa shape index (κ1) is 16.9. The summed E-state index contributed by atoms with van der Waals surface area (Å²) in [6, 6.07) is 10.6. The standard InChI is InChI=1S/C18H22N2O3S/c1-24(21,22)18-6-4-17(5-7-18)23-13-16-3-2-15(12-20-16)14-8-10-19-11-9-14/h2-7,12,14,19H,8-11,13H2,1H3. The number of hydrogen-bond acceptors (Lipinski definition) is 5. The van der Waals surface area contributed by atoms with E-state index in [0.717, 1.165) is 31.6 Å². The molecule has 0 spiro atoms. The van der Waals surface area contributed by atoms with Crippen LogP contribution in [0.3, 0.4) is 0 Å². The van der Waals surface area contributed by atoms with Crippen LogP contribution in [0.1, 0.15) is 30.0 Å². The molecule has 0 atom stereocenters. The molecule has 1 aromatic heterocycles. The van der Waals surface area contributed by atoms with Crippen LogP contribution in [0.25, 0.3) is 0 Å². The van der Waals surface area contributed by atoms with Gasteiger partial charge in [0, 0.05) is 12.5 Å². The van der Waals surface area contributed by atoms with Crippen LogP contribution in [0.4, 0.5) is 0 Å². The van der Waals surface area contributed by atoms with Crippen LogP contribution in [0.2, 0.25) is 0 Å². The summed E-state index contributed by atoms with van der Waals surface area (Å²) in [6.07, 6.45) is 5.45. The monoisotopic (exact) mass is 346 g/mol. The summed E-state index contributed by atoms with van der Waals surface area (Å²) in [5.41, 5.74) is 2.15. The summed E-state index contributed by atoms with van der Waals surface area (Å²) >= 11 is 0. The van der Waals surface area contributed by atoms with E-state index in [1.807, 2.05) is 12.3 Å². The Morgan fingerprint density at radius 1 is 1.12 bits per heavy atom. The molecule has 0 aliphatic carbocycles. The minimum atomic E-state index is -3.17. The first-order valence-electron chi connectivity index (χ1n) is 8.11. The van der Waals surface area contributed by atoms with Crippen LogP contribution in [0, 0.1) is 0 Å². The molecule has 1 aliphatic heterocycles. The molecular formula is C18H22N2O3S. The summed E-state index contributed by atoms with van der Waals surface area (Å²) < 4.78 is 28.5. The lowest BCUT2D eigenvalue weighted by Gasteiger charge is -2.22. The van der Waals surface area contributed by atoms with Gasteiger partial charge in [-0.2, -0.15) is 0 Å². The van der Waals surface area contributed by atoms with Gasteiger partial charge in [-0.15, -0.1) is 0 Å². The zero-order valence-electron chi connectivity index (χ0n) is 13.7. The third-order valence-corrected chi connectivity index (χ3v) is 5.43. The van der Waals surface area contributed by atoms with Crippen molar-refractivity contribution in [3.8, 4) is 5.75 Å². The van der Waals surface area contributed by atoms with Crippen molar-refractivity contribution >= 4 is 9.84 Å². The molecular weight excluding hydrogens is 324 g/mol. The van der Waals surface area contributed by atoms with Crippen molar-refractivity contribution in [2.75, 3.05) is 19.3 Å². The summed E-state index contributed by atoms with van der Waals surface area (Å²) in [7, 11) is -3.17. The number of nitrogens with one attached hydrogen (secondary N) is 1. The van der Waals surface area contributed by atoms with E-state index in [4.69, 9.17) is 4.74 Å². The summed E-state index contributed by atoms with van der Waals surface area (Å²) in [6.45, 7) is 2.50. The zero-order chi connectivity index (χ0) is 17.0. The first-order valence-corrected chi connectivity index (χ1v) is 10.00. The minimum Gasteiger partial charge on any atom is -0.487 e. The maximum Gasteiger partial charge on any atom is 0.175 e. The van der Waals surface area contributed by atoms with Gasteiger partial charge >= 0.3 is 0 Å². The van der Waals surface area contributed by atoms with Gasteiger partial charge in [0.15, 0.2) is 9.84 Å². The molecule has 128 valence electrons. The second kappa shape index (κ2) is 7.32. The van der Waals surface area contributed by atoms with Crippen LogP contribution in [0.5, 0.6) is 5.75 Å². The highest BCUT2D eigenvalue weighted by atomic mass is 32.2. The number of pyridine rings is 1. The van der Waals surface area contributed by atoms with E-state index >= 15 is 0 Å². The molecule has 1 aromatic carbocycles.